The fraction of sp³-hybridized carbons (Fsp3) is 0.167. The molecule has 0 saturated carbocycles. The maximum atomic E-state index is 12.9. The number of amides is 1. The van der Waals surface area contributed by atoms with Crippen molar-refractivity contribution in [3.63, 3.8) is 0 Å². The van der Waals surface area contributed by atoms with E-state index < -0.39 is 17.7 Å². The molecule has 0 atom stereocenters. The van der Waals surface area contributed by atoms with Crippen LogP contribution in [0, 0.1) is 5.82 Å². The summed E-state index contributed by atoms with van der Waals surface area (Å²) in [6.07, 6.45) is 1.50. The van der Waals surface area contributed by atoms with Gasteiger partial charge in [-0.15, -0.1) is 6.58 Å². The van der Waals surface area contributed by atoms with Crippen molar-refractivity contribution in [2.24, 2.45) is 0 Å². The molecule has 5 nitrogen and oxygen atoms in total. The highest BCUT2D eigenvalue weighted by atomic mass is 19.1. The molecule has 1 aromatic carbocycles. The summed E-state index contributed by atoms with van der Waals surface area (Å²) in [5.74, 6) is -2.49. The van der Waals surface area contributed by atoms with Gasteiger partial charge < -0.3 is 15.2 Å². The number of hydrogen-bond acceptors (Lipinski definition) is 3. The van der Waals surface area contributed by atoms with Crippen molar-refractivity contribution >= 4 is 11.9 Å². The Bertz CT molecular complexity index is 473. The molecule has 6 heteroatoms. The number of carbonyl (C=O) groups is 2. The third kappa shape index (κ3) is 3.89. The summed E-state index contributed by atoms with van der Waals surface area (Å²) in [6.45, 7) is 3.36. The van der Waals surface area contributed by atoms with Crippen molar-refractivity contribution in [1.29, 1.82) is 0 Å². The zero-order valence-electron chi connectivity index (χ0n) is 9.48. The maximum Gasteiger partial charge on any atom is 0.339 e. The van der Waals surface area contributed by atoms with Gasteiger partial charge in [-0.3, -0.25) is 4.79 Å². The van der Waals surface area contributed by atoms with E-state index in [9.17, 15) is 14.0 Å². The number of hydrogen-bond donors (Lipinski definition) is 2. The molecule has 0 unspecified atom stereocenters. The van der Waals surface area contributed by atoms with Crippen LogP contribution in [0.5, 0.6) is 5.75 Å². The van der Waals surface area contributed by atoms with Gasteiger partial charge in [-0.1, -0.05) is 6.08 Å². The van der Waals surface area contributed by atoms with Gasteiger partial charge in [0, 0.05) is 6.54 Å². The molecule has 18 heavy (non-hydrogen) atoms. The van der Waals surface area contributed by atoms with Crippen molar-refractivity contribution in [3.8, 4) is 5.75 Å². The predicted octanol–water partition coefficient (Wildman–Crippen LogP) is 1.20. The second-order valence-electron chi connectivity index (χ2n) is 3.33. The molecule has 0 fully saturated rings. The molecule has 0 aliphatic heterocycles. The van der Waals surface area contributed by atoms with Gasteiger partial charge in [0.15, 0.2) is 6.61 Å². The lowest BCUT2D eigenvalue weighted by atomic mass is 10.2. The van der Waals surface area contributed by atoms with Crippen LogP contribution in [-0.4, -0.2) is 30.1 Å². The number of benzene rings is 1. The number of carbonyl (C=O) groups excluding carboxylic acids is 1. The molecular formula is C12H12FNO4. The number of nitrogens with one attached hydrogen (secondary N) is 1. The second-order valence-corrected chi connectivity index (χ2v) is 3.33. The monoisotopic (exact) mass is 253 g/mol. The molecule has 0 aromatic heterocycles. The Labute approximate surface area is 103 Å². The topological polar surface area (TPSA) is 75.6 Å². The summed E-state index contributed by atoms with van der Waals surface area (Å²) in [6, 6.07) is 3.06. The highest BCUT2D eigenvalue weighted by molar-refractivity contribution is 5.91. The van der Waals surface area contributed by atoms with E-state index in [0.717, 1.165) is 12.1 Å². The van der Waals surface area contributed by atoms with Crippen molar-refractivity contribution in [3.05, 3.63) is 42.2 Å². The zero-order chi connectivity index (χ0) is 13.5. The minimum atomic E-state index is -1.32. The van der Waals surface area contributed by atoms with Gasteiger partial charge >= 0.3 is 5.97 Å². The average Bonchev–Trinajstić information content (AvgIpc) is 2.34. The molecule has 96 valence electrons. The Morgan fingerprint density at radius 2 is 2.22 bits per heavy atom. The van der Waals surface area contributed by atoms with E-state index in [1.54, 1.807) is 0 Å². The minimum absolute atomic E-state index is 0.0577. The molecule has 0 radical (unpaired) electrons. The van der Waals surface area contributed by atoms with Gasteiger partial charge in [0.25, 0.3) is 5.91 Å². The Hall–Kier alpha value is -2.37. The standard InChI is InChI=1S/C12H12FNO4/c1-2-5-14-11(15)7-18-10-4-3-8(13)6-9(10)12(16)17/h2-4,6H,1,5,7H2,(H,14,15)(H,16,17). The quantitative estimate of drug-likeness (QED) is 0.747. The first-order valence-electron chi connectivity index (χ1n) is 5.08. The summed E-state index contributed by atoms with van der Waals surface area (Å²) in [5, 5.41) is 11.3. The van der Waals surface area contributed by atoms with E-state index in [0.29, 0.717) is 0 Å². The van der Waals surface area contributed by atoms with Crippen LogP contribution < -0.4 is 10.1 Å². The van der Waals surface area contributed by atoms with Crippen molar-refractivity contribution in [2.45, 2.75) is 0 Å². The van der Waals surface area contributed by atoms with E-state index in [2.05, 4.69) is 11.9 Å². The van der Waals surface area contributed by atoms with Gasteiger partial charge in [-0.25, -0.2) is 9.18 Å². The van der Waals surface area contributed by atoms with Crippen LogP contribution in [-0.2, 0) is 4.79 Å². The highest BCUT2D eigenvalue weighted by Crippen LogP contribution is 2.19. The Kier molecular flexibility index (Phi) is 4.86. The van der Waals surface area contributed by atoms with Crippen LogP contribution >= 0.6 is 0 Å². The molecule has 1 rings (SSSR count). The highest BCUT2D eigenvalue weighted by Gasteiger charge is 2.13. The van der Waals surface area contributed by atoms with Gasteiger partial charge in [0.1, 0.15) is 17.1 Å². The van der Waals surface area contributed by atoms with Crippen molar-refractivity contribution in [1.82, 2.24) is 5.32 Å². The van der Waals surface area contributed by atoms with E-state index in [1.807, 2.05) is 0 Å². The van der Waals surface area contributed by atoms with Gasteiger partial charge in [0.2, 0.25) is 0 Å². The van der Waals surface area contributed by atoms with Crippen molar-refractivity contribution < 1.29 is 23.8 Å². The minimum Gasteiger partial charge on any atom is -0.483 e. The van der Waals surface area contributed by atoms with E-state index >= 15 is 0 Å². The predicted molar refractivity (Wildman–Crippen MR) is 62.1 cm³/mol. The van der Waals surface area contributed by atoms with Gasteiger partial charge in [-0.05, 0) is 18.2 Å². The molecule has 0 saturated heterocycles. The normalized spacial score (nSPS) is 9.61. The maximum absolute atomic E-state index is 12.9. The van der Waals surface area contributed by atoms with E-state index in [-0.39, 0.29) is 24.5 Å². The fourth-order valence-electron chi connectivity index (χ4n) is 1.18. The average molecular weight is 253 g/mol. The molecule has 0 aliphatic rings. The van der Waals surface area contributed by atoms with Crippen molar-refractivity contribution in [2.75, 3.05) is 13.2 Å². The lowest BCUT2D eigenvalue weighted by Crippen LogP contribution is -2.29. The molecule has 0 aliphatic carbocycles. The van der Waals surface area contributed by atoms with Crippen LogP contribution in [0.2, 0.25) is 0 Å². The molecule has 0 spiro atoms. The number of carboxylic acid groups (broad SMARTS) is 1. The van der Waals surface area contributed by atoms with Crippen LogP contribution in [0.1, 0.15) is 10.4 Å². The lowest BCUT2D eigenvalue weighted by molar-refractivity contribution is -0.122. The van der Waals surface area contributed by atoms with Crippen LogP contribution in [0.25, 0.3) is 0 Å². The van der Waals surface area contributed by atoms with Gasteiger partial charge in [-0.2, -0.15) is 0 Å². The first-order chi connectivity index (χ1) is 8.54. The second kappa shape index (κ2) is 6.39. The first kappa shape index (κ1) is 13.7. The zero-order valence-corrected chi connectivity index (χ0v) is 9.48. The van der Waals surface area contributed by atoms with Gasteiger partial charge in [0.05, 0.1) is 0 Å². The molecule has 0 heterocycles. The Morgan fingerprint density at radius 3 is 2.83 bits per heavy atom. The summed E-state index contributed by atoms with van der Waals surface area (Å²) in [5.41, 5.74) is -0.327. The Morgan fingerprint density at radius 1 is 1.50 bits per heavy atom. The summed E-state index contributed by atoms with van der Waals surface area (Å²) in [7, 11) is 0. The fourth-order valence-corrected chi connectivity index (χ4v) is 1.18. The van der Waals surface area contributed by atoms with E-state index in [1.165, 1.54) is 12.1 Å². The molecule has 2 N–H and O–H groups in total. The number of aromatic carboxylic acids is 1. The summed E-state index contributed by atoms with van der Waals surface area (Å²) >= 11 is 0. The molecule has 0 bridgehead atoms. The molecular weight excluding hydrogens is 241 g/mol. The number of halogens is 1. The number of carboxylic acids is 1. The first-order valence-corrected chi connectivity index (χ1v) is 5.08. The largest absolute Gasteiger partial charge is 0.483 e. The Balaban J connectivity index is 2.69. The summed E-state index contributed by atoms with van der Waals surface area (Å²) in [4.78, 5) is 22.0. The van der Waals surface area contributed by atoms with Crippen LogP contribution in [0.3, 0.4) is 0 Å². The third-order valence-electron chi connectivity index (χ3n) is 1.97. The molecule has 1 aromatic rings. The third-order valence-corrected chi connectivity index (χ3v) is 1.97. The number of rotatable bonds is 6. The number of ether oxygens (including phenoxy) is 1. The molecule has 1 amide bonds. The lowest BCUT2D eigenvalue weighted by Gasteiger charge is -2.08. The van der Waals surface area contributed by atoms with Crippen LogP contribution in [0.15, 0.2) is 30.9 Å². The van der Waals surface area contributed by atoms with E-state index in [4.69, 9.17) is 9.84 Å². The summed E-state index contributed by atoms with van der Waals surface area (Å²) < 4.78 is 17.9. The smallest absolute Gasteiger partial charge is 0.339 e. The SMILES string of the molecule is C=CCNC(=O)COc1ccc(F)cc1C(=O)O. The van der Waals surface area contributed by atoms with Crippen LogP contribution in [0.4, 0.5) is 4.39 Å².